The van der Waals surface area contributed by atoms with Crippen LogP contribution in [0, 0.1) is 0 Å². The smallest absolute Gasteiger partial charge is 0.399 e. The van der Waals surface area contributed by atoms with Crippen LogP contribution in [0.15, 0.2) is 115 Å². The van der Waals surface area contributed by atoms with E-state index in [1.807, 2.05) is 0 Å². The maximum atomic E-state index is 6.64. The van der Waals surface area contributed by atoms with Crippen LogP contribution in [-0.2, 0) is 14.7 Å². The molecule has 0 amide bonds. The second-order valence-corrected chi connectivity index (χ2v) is 11.5. The molecule has 2 aliphatic rings. The maximum Gasteiger partial charge on any atom is 0.495 e. The fraction of sp³-hybridized carbons (Fsp3) is 0.200. The van der Waals surface area contributed by atoms with Crippen LogP contribution in [0.4, 0.5) is 0 Å². The largest absolute Gasteiger partial charge is 0.495 e. The average molecular weight is 494 g/mol. The molecular weight excluding hydrogens is 463 g/mol. The third-order valence-electron chi connectivity index (χ3n) is 8.99. The molecule has 1 aliphatic heterocycles. The molecule has 0 aromatic heterocycles. The summed E-state index contributed by atoms with van der Waals surface area (Å²) in [5.74, 6) is 0. The lowest BCUT2D eigenvalue weighted by Crippen LogP contribution is -2.41. The molecule has 1 saturated heterocycles. The van der Waals surface area contributed by atoms with E-state index in [1.54, 1.807) is 0 Å². The van der Waals surface area contributed by atoms with Gasteiger partial charge in [-0.2, -0.15) is 0 Å². The van der Waals surface area contributed by atoms with Gasteiger partial charge in [0.15, 0.2) is 0 Å². The molecule has 1 heterocycles. The summed E-state index contributed by atoms with van der Waals surface area (Å²) in [5, 5.41) is 2.52. The molecule has 38 heavy (non-hydrogen) atoms. The second kappa shape index (κ2) is 8.17. The van der Waals surface area contributed by atoms with Crippen LogP contribution < -0.4 is 5.46 Å². The number of benzene rings is 5. The summed E-state index contributed by atoms with van der Waals surface area (Å²) in [6.07, 6.45) is 0. The first-order valence-electron chi connectivity index (χ1n) is 13.5. The normalized spacial score (nSPS) is 18.4. The Labute approximate surface area is 225 Å². The van der Waals surface area contributed by atoms with Gasteiger partial charge in [0.25, 0.3) is 0 Å². The topological polar surface area (TPSA) is 18.5 Å². The minimum atomic E-state index is -0.478. The first-order chi connectivity index (χ1) is 18.3. The third kappa shape index (κ3) is 3.09. The molecule has 1 aliphatic carbocycles. The van der Waals surface area contributed by atoms with E-state index in [2.05, 4.69) is 143 Å². The van der Waals surface area contributed by atoms with Crippen molar-refractivity contribution in [3.05, 3.63) is 138 Å². The Balaban J connectivity index is 1.63. The maximum absolute atomic E-state index is 6.64. The Morgan fingerprint density at radius 3 is 1.76 bits per heavy atom. The highest BCUT2D eigenvalue weighted by Gasteiger charge is 2.54. The summed E-state index contributed by atoms with van der Waals surface area (Å²) in [4.78, 5) is 0. The van der Waals surface area contributed by atoms with Crippen molar-refractivity contribution >= 4 is 23.4 Å². The Bertz CT molecular complexity index is 1620. The van der Waals surface area contributed by atoms with Gasteiger partial charge in [0.1, 0.15) is 0 Å². The van der Waals surface area contributed by atoms with E-state index < -0.39 is 23.7 Å². The van der Waals surface area contributed by atoms with Crippen LogP contribution in [0.25, 0.3) is 21.9 Å². The highest BCUT2D eigenvalue weighted by atomic mass is 16.7. The molecule has 0 atom stereocenters. The van der Waals surface area contributed by atoms with Gasteiger partial charge < -0.3 is 9.31 Å². The fourth-order valence-corrected chi connectivity index (χ4v) is 6.51. The van der Waals surface area contributed by atoms with Crippen LogP contribution >= 0.6 is 0 Å². The van der Waals surface area contributed by atoms with Crippen LogP contribution in [0.3, 0.4) is 0 Å². The lowest BCUT2D eigenvalue weighted by molar-refractivity contribution is 0.00578. The predicted octanol–water partition coefficient (Wildman–Crippen LogP) is 7.50. The van der Waals surface area contributed by atoms with Crippen molar-refractivity contribution in [3.63, 3.8) is 0 Å². The van der Waals surface area contributed by atoms with E-state index in [1.165, 1.54) is 44.2 Å². The van der Waals surface area contributed by atoms with Crippen LogP contribution in [0.5, 0.6) is 0 Å². The quantitative estimate of drug-likeness (QED) is 0.237. The van der Waals surface area contributed by atoms with Crippen molar-refractivity contribution in [3.8, 4) is 11.1 Å². The molecule has 186 valence electrons. The molecule has 0 spiro atoms. The summed E-state index contributed by atoms with van der Waals surface area (Å²) in [5.41, 5.74) is 7.36. The van der Waals surface area contributed by atoms with E-state index >= 15 is 0 Å². The van der Waals surface area contributed by atoms with E-state index in [-0.39, 0.29) is 0 Å². The molecule has 2 nitrogen and oxygen atoms in total. The first kappa shape index (κ1) is 23.5. The summed E-state index contributed by atoms with van der Waals surface area (Å²) >= 11 is 0. The molecule has 7 rings (SSSR count). The summed E-state index contributed by atoms with van der Waals surface area (Å²) in [7, 11) is -0.448. The summed E-state index contributed by atoms with van der Waals surface area (Å²) in [6, 6.07) is 41.9. The zero-order valence-corrected chi connectivity index (χ0v) is 22.4. The molecule has 0 N–H and O–H groups in total. The Morgan fingerprint density at radius 2 is 1.13 bits per heavy atom. The van der Waals surface area contributed by atoms with E-state index in [9.17, 15) is 0 Å². The van der Waals surface area contributed by atoms with Crippen LogP contribution in [0.2, 0.25) is 0 Å². The number of hydrogen-bond acceptors (Lipinski definition) is 2. The van der Waals surface area contributed by atoms with Crippen molar-refractivity contribution < 1.29 is 9.31 Å². The zero-order chi connectivity index (χ0) is 26.1. The highest BCUT2D eigenvalue weighted by molar-refractivity contribution is 6.64. The number of rotatable bonds is 3. The predicted molar refractivity (Wildman–Crippen MR) is 157 cm³/mol. The van der Waals surface area contributed by atoms with E-state index in [0.717, 1.165) is 5.46 Å². The minimum absolute atomic E-state index is 0.416. The standard InChI is InChI=1S/C35H31BO2/c1-33(2)34(3,4)38-36(37-33)30-21-13-20-29-31(30)28-23-22-24-14-11-12-19-27(24)32(28)35(29,25-15-7-5-8-16-25)26-17-9-6-10-18-26/h5-23H,1-4H3. The second-order valence-electron chi connectivity index (χ2n) is 11.5. The molecule has 3 heteroatoms. The van der Waals surface area contributed by atoms with Gasteiger partial charge in [-0.15, -0.1) is 0 Å². The van der Waals surface area contributed by atoms with Gasteiger partial charge in [-0.3, -0.25) is 0 Å². The summed E-state index contributed by atoms with van der Waals surface area (Å²) in [6.45, 7) is 8.48. The lowest BCUT2D eigenvalue weighted by Gasteiger charge is -2.34. The van der Waals surface area contributed by atoms with Crippen molar-refractivity contribution in [1.29, 1.82) is 0 Å². The molecule has 1 fully saturated rings. The molecule has 0 radical (unpaired) electrons. The van der Waals surface area contributed by atoms with Gasteiger partial charge in [0.2, 0.25) is 0 Å². The van der Waals surface area contributed by atoms with Gasteiger partial charge in [0, 0.05) is 0 Å². The summed E-state index contributed by atoms with van der Waals surface area (Å²) < 4.78 is 13.3. The molecule has 0 unspecified atom stereocenters. The van der Waals surface area contributed by atoms with Crippen LogP contribution in [0.1, 0.15) is 49.9 Å². The average Bonchev–Trinajstić information content (AvgIpc) is 3.37. The van der Waals surface area contributed by atoms with Gasteiger partial charge in [-0.25, -0.2) is 0 Å². The number of hydrogen-bond donors (Lipinski definition) is 0. The van der Waals surface area contributed by atoms with E-state index in [0.29, 0.717) is 0 Å². The number of fused-ring (bicyclic) bond motifs is 5. The Hall–Kier alpha value is -3.66. The van der Waals surface area contributed by atoms with Gasteiger partial charge >= 0.3 is 7.12 Å². The van der Waals surface area contributed by atoms with Crippen molar-refractivity contribution in [2.45, 2.75) is 44.3 Å². The van der Waals surface area contributed by atoms with Crippen LogP contribution in [-0.4, -0.2) is 18.3 Å². The van der Waals surface area contributed by atoms with Crippen molar-refractivity contribution in [1.82, 2.24) is 0 Å². The molecule has 0 saturated carbocycles. The van der Waals surface area contributed by atoms with E-state index in [4.69, 9.17) is 9.31 Å². The first-order valence-corrected chi connectivity index (χ1v) is 13.5. The van der Waals surface area contributed by atoms with Crippen molar-refractivity contribution in [2.75, 3.05) is 0 Å². The SMILES string of the molecule is CC1(C)OB(c2cccc3c2-c2ccc4ccccc4c2C3(c2ccccc2)c2ccccc2)OC1(C)C. The monoisotopic (exact) mass is 494 g/mol. The van der Waals surface area contributed by atoms with Gasteiger partial charge in [0.05, 0.1) is 16.6 Å². The fourth-order valence-electron chi connectivity index (χ4n) is 6.51. The Morgan fingerprint density at radius 1 is 0.553 bits per heavy atom. The zero-order valence-electron chi connectivity index (χ0n) is 22.4. The lowest BCUT2D eigenvalue weighted by atomic mass is 9.66. The third-order valence-corrected chi connectivity index (χ3v) is 8.99. The molecule has 5 aromatic carbocycles. The molecule has 5 aromatic rings. The van der Waals surface area contributed by atoms with Gasteiger partial charge in [-0.1, -0.05) is 115 Å². The highest BCUT2D eigenvalue weighted by Crippen LogP contribution is 2.57. The van der Waals surface area contributed by atoms with Crippen molar-refractivity contribution in [2.24, 2.45) is 0 Å². The van der Waals surface area contributed by atoms with Gasteiger partial charge in [-0.05, 0) is 77.3 Å². The molecule has 0 bridgehead atoms. The minimum Gasteiger partial charge on any atom is -0.399 e. The molecular formula is C35H31BO2. The Kier molecular flexibility index (Phi) is 5.04.